The molecule has 0 aliphatic carbocycles. The van der Waals surface area contributed by atoms with E-state index in [2.05, 4.69) is 0 Å². The van der Waals surface area contributed by atoms with Crippen LogP contribution in [0.25, 0.3) is 0 Å². The molecule has 0 saturated carbocycles. The predicted octanol–water partition coefficient (Wildman–Crippen LogP) is 1.80. The van der Waals surface area contributed by atoms with Crippen LogP contribution in [-0.4, -0.2) is 44.1 Å². The molecule has 120 valence electrons. The number of nitrogen functional groups attached to an aromatic ring is 1. The van der Waals surface area contributed by atoms with Gasteiger partial charge in [0.1, 0.15) is 5.75 Å². The monoisotopic (exact) mass is 316 g/mol. The molecule has 0 amide bonds. The molecule has 0 bridgehead atoms. The summed E-state index contributed by atoms with van der Waals surface area (Å²) in [6.07, 6.45) is 1.43. The Morgan fingerprint density at radius 3 is 2.43 bits per heavy atom. The summed E-state index contributed by atoms with van der Waals surface area (Å²) in [5.41, 5.74) is 5.65. The average Bonchev–Trinajstić information content (AvgIpc) is 2.46. The normalized spacial score (nSPS) is 12.2. The zero-order chi connectivity index (χ0) is 16.0. The lowest BCUT2D eigenvalue weighted by Crippen LogP contribution is -2.41. The number of nitrogens with two attached hydrogens (primary N) is 1. The number of aromatic hydroxyl groups is 1. The highest BCUT2D eigenvalue weighted by atomic mass is 32.2. The van der Waals surface area contributed by atoms with Crippen molar-refractivity contribution in [2.24, 2.45) is 0 Å². The molecule has 3 N–H and O–H groups in total. The number of phenols is 1. The first-order chi connectivity index (χ1) is 9.88. The number of methoxy groups -OCH3 is 1. The Bertz CT molecular complexity index is 556. The summed E-state index contributed by atoms with van der Waals surface area (Å²) in [6.45, 7) is 4.51. The number of sulfonamides is 1. The highest BCUT2D eigenvalue weighted by Gasteiger charge is 2.29. The fourth-order valence-corrected chi connectivity index (χ4v) is 4.00. The van der Waals surface area contributed by atoms with Crippen molar-refractivity contribution in [2.75, 3.05) is 26.0 Å². The van der Waals surface area contributed by atoms with Gasteiger partial charge in [-0.1, -0.05) is 13.8 Å². The molecule has 1 aromatic carbocycles. The molecule has 0 fully saturated rings. The molecule has 0 saturated heterocycles. The lowest BCUT2D eigenvalue weighted by molar-refractivity contribution is 0.163. The van der Waals surface area contributed by atoms with Crippen LogP contribution in [0, 0.1) is 0 Å². The molecule has 1 aromatic rings. The number of hydrogen-bond donors (Lipinski definition) is 2. The van der Waals surface area contributed by atoms with E-state index in [4.69, 9.17) is 10.5 Å². The minimum atomic E-state index is -3.67. The third-order valence-electron chi connectivity index (χ3n) is 3.47. The van der Waals surface area contributed by atoms with E-state index >= 15 is 0 Å². The SMILES string of the molecule is CCC(CC)N(CCOC)S(=O)(=O)c1ccc(O)c(N)c1. The van der Waals surface area contributed by atoms with Gasteiger partial charge in [-0.05, 0) is 31.0 Å². The van der Waals surface area contributed by atoms with Crippen molar-refractivity contribution in [1.82, 2.24) is 4.31 Å². The summed E-state index contributed by atoms with van der Waals surface area (Å²) < 4.78 is 32.0. The Morgan fingerprint density at radius 2 is 1.95 bits per heavy atom. The molecular formula is C14H24N2O4S. The van der Waals surface area contributed by atoms with Crippen molar-refractivity contribution >= 4 is 15.7 Å². The fourth-order valence-electron chi connectivity index (χ4n) is 2.20. The number of benzene rings is 1. The van der Waals surface area contributed by atoms with Crippen LogP contribution in [0.1, 0.15) is 26.7 Å². The number of rotatable bonds is 8. The van der Waals surface area contributed by atoms with E-state index in [0.29, 0.717) is 19.4 Å². The topological polar surface area (TPSA) is 92.9 Å². The zero-order valence-corrected chi connectivity index (χ0v) is 13.6. The molecule has 0 heterocycles. The Hall–Kier alpha value is -1.31. The quantitative estimate of drug-likeness (QED) is 0.563. The molecular weight excluding hydrogens is 292 g/mol. The van der Waals surface area contributed by atoms with E-state index < -0.39 is 10.0 Å². The van der Waals surface area contributed by atoms with Gasteiger partial charge in [0.2, 0.25) is 10.0 Å². The van der Waals surface area contributed by atoms with E-state index in [1.807, 2.05) is 13.8 Å². The molecule has 1 rings (SSSR count). The molecule has 0 atom stereocenters. The Balaban J connectivity index is 3.21. The van der Waals surface area contributed by atoms with Crippen LogP contribution in [0.2, 0.25) is 0 Å². The number of phenolic OH excluding ortho intramolecular Hbond substituents is 1. The third kappa shape index (κ3) is 4.09. The third-order valence-corrected chi connectivity index (χ3v) is 5.42. The molecule has 0 aliphatic rings. The largest absolute Gasteiger partial charge is 0.506 e. The van der Waals surface area contributed by atoms with E-state index in [-0.39, 0.29) is 28.9 Å². The van der Waals surface area contributed by atoms with E-state index in [0.717, 1.165) is 0 Å². The lowest BCUT2D eigenvalue weighted by Gasteiger charge is -2.29. The van der Waals surface area contributed by atoms with E-state index in [1.54, 1.807) is 0 Å². The Labute approximate surface area is 126 Å². The smallest absolute Gasteiger partial charge is 0.243 e. The second-order valence-corrected chi connectivity index (χ2v) is 6.69. The van der Waals surface area contributed by atoms with Gasteiger partial charge in [0.05, 0.1) is 17.2 Å². The van der Waals surface area contributed by atoms with Crippen molar-refractivity contribution in [3.05, 3.63) is 18.2 Å². The van der Waals surface area contributed by atoms with Crippen molar-refractivity contribution in [1.29, 1.82) is 0 Å². The van der Waals surface area contributed by atoms with Crippen molar-refractivity contribution in [2.45, 2.75) is 37.6 Å². The van der Waals surface area contributed by atoms with Crippen LogP contribution in [-0.2, 0) is 14.8 Å². The summed E-state index contributed by atoms with van der Waals surface area (Å²) in [5.74, 6) is -0.125. The van der Waals surface area contributed by atoms with Crippen LogP contribution < -0.4 is 5.73 Å². The van der Waals surface area contributed by atoms with E-state index in [9.17, 15) is 13.5 Å². The number of anilines is 1. The van der Waals surface area contributed by atoms with Gasteiger partial charge in [-0.25, -0.2) is 8.42 Å². The average molecular weight is 316 g/mol. The fraction of sp³-hybridized carbons (Fsp3) is 0.571. The first-order valence-electron chi connectivity index (χ1n) is 6.97. The Morgan fingerprint density at radius 1 is 1.33 bits per heavy atom. The summed E-state index contributed by atoms with van der Waals surface area (Å²) in [6, 6.07) is 3.85. The van der Waals surface area contributed by atoms with Gasteiger partial charge in [-0.3, -0.25) is 0 Å². The van der Waals surface area contributed by atoms with Crippen LogP contribution in [0.3, 0.4) is 0 Å². The predicted molar refractivity (Wildman–Crippen MR) is 82.7 cm³/mol. The van der Waals surface area contributed by atoms with Crippen LogP contribution in [0.15, 0.2) is 23.1 Å². The second kappa shape index (κ2) is 7.63. The highest BCUT2D eigenvalue weighted by Crippen LogP contribution is 2.27. The van der Waals surface area contributed by atoms with E-state index in [1.165, 1.54) is 29.6 Å². The number of nitrogens with zero attached hydrogens (tertiary/aromatic N) is 1. The first-order valence-corrected chi connectivity index (χ1v) is 8.41. The summed E-state index contributed by atoms with van der Waals surface area (Å²) in [4.78, 5) is 0.0841. The Kier molecular flexibility index (Phi) is 6.44. The van der Waals surface area contributed by atoms with Crippen molar-refractivity contribution < 1.29 is 18.3 Å². The lowest BCUT2D eigenvalue weighted by atomic mass is 10.2. The van der Waals surface area contributed by atoms with Gasteiger partial charge in [0.25, 0.3) is 0 Å². The zero-order valence-electron chi connectivity index (χ0n) is 12.7. The maximum atomic E-state index is 12.8. The minimum absolute atomic E-state index is 0.0484. The van der Waals surface area contributed by atoms with Crippen LogP contribution in [0.5, 0.6) is 5.75 Å². The molecule has 7 heteroatoms. The first kappa shape index (κ1) is 17.7. The van der Waals surface area contributed by atoms with Gasteiger partial charge in [0.15, 0.2) is 0 Å². The van der Waals surface area contributed by atoms with Gasteiger partial charge >= 0.3 is 0 Å². The molecule has 0 unspecified atom stereocenters. The maximum Gasteiger partial charge on any atom is 0.243 e. The highest BCUT2D eigenvalue weighted by molar-refractivity contribution is 7.89. The second-order valence-electron chi connectivity index (χ2n) is 4.80. The summed E-state index contributed by atoms with van der Waals surface area (Å²) in [5, 5.41) is 9.44. The summed E-state index contributed by atoms with van der Waals surface area (Å²) >= 11 is 0. The van der Waals surface area contributed by atoms with Crippen molar-refractivity contribution in [3.63, 3.8) is 0 Å². The number of hydrogen-bond acceptors (Lipinski definition) is 5. The molecule has 0 spiro atoms. The molecule has 0 aliphatic heterocycles. The maximum absolute atomic E-state index is 12.8. The van der Waals surface area contributed by atoms with Gasteiger partial charge in [0, 0.05) is 19.7 Å². The standard InChI is InChI=1S/C14H24N2O4S/c1-4-11(5-2)16(8-9-20-3)21(18,19)12-6-7-14(17)13(15)10-12/h6-7,10-11,17H,4-5,8-9,15H2,1-3H3. The molecule has 21 heavy (non-hydrogen) atoms. The van der Waals surface area contributed by atoms with Gasteiger partial charge < -0.3 is 15.6 Å². The number of ether oxygens (including phenoxy) is 1. The molecule has 6 nitrogen and oxygen atoms in total. The minimum Gasteiger partial charge on any atom is -0.506 e. The molecule has 0 radical (unpaired) electrons. The van der Waals surface area contributed by atoms with Gasteiger partial charge in [-0.2, -0.15) is 4.31 Å². The molecule has 0 aromatic heterocycles. The van der Waals surface area contributed by atoms with Gasteiger partial charge in [-0.15, -0.1) is 0 Å². The van der Waals surface area contributed by atoms with Crippen LogP contribution in [0.4, 0.5) is 5.69 Å². The summed E-state index contributed by atoms with van der Waals surface area (Å²) in [7, 11) is -2.14. The van der Waals surface area contributed by atoms with Crippen LogP contribution >= 0.6 is 0 Å². The van der Waals surface area contributed by atoms with Crippen molar-refractivity contribution in [3.8, 4) is 5.75 Å².